The van der Waals surface area contributed by atoms with E-state index < -0.39 is 0 Å². The molecule has 0 aliphatic heterocycles. The number of hydrogen-bond acceptors (Lipinski definition) is 3. The Hall–Kier alpha value is -0.320. The Kier molecular flexibility index (Phi) is 10.2. The van der Waals surface area contributed by atoms with Crippen LogP contribution in [0.4, 0.5) is 0 Å². The van der Waals surface area contributed by atoms with Crippen LogP contribution >= 0.6 is 12.4 Å². The number of carbonyl (C=O) groups is 1. The predicted octanol–water partition coefficient (Wildman–Crippen LogP) is 2.59. The van der Waals surface area contributed by atoms with Gasteiger partial charge in [0.2, 0.25) is 5.91 Å². The van der Waals surface area contributed by atoms with Gasteiger partial charge in [0, 0.05) is 31.7 Å². The van der Waals surface area contributed by atoms with Gasteiger partial charge in [-0.25, -0.2) is 0 Å². The number of halogens is 1. The molecular formula is C15H31ClN2O2. The van der Waals surface area contributed by atoms with Crippen molar-refractivity contribution >= 4 is 18.3 Å². The van der Waals surface area contributed by atoms with Crippen LogP contribution < -0.4 is 5.73 Å². The van der Waals surface area contributed by atoms with Crippen molar-refractivity contribution in [2.24, 2.45) is 11.7 Å². The van der Waals surface area contributed by atoms with E-state index in [9.17, 15) is 4.79 Å². The first-order chi connectivity index (χ1) is 9.13. The van der Waals surface area contributed by atoms with Crippen molar-refractivity contribution in [1.29, 1.82) is 0 Å². The average Bonchev–Trinajstić information content (AvgIpc) is 2.43. The van der Waals surface area contributed by atoms with Gasteiger partial charge < -0.3 is 15.4 Å². The third kappa shape index (κ3) is 5.58. The second-order valence-electron chi connectivity index (χ2n) is 5.62. The highest BCUT2D eigenvalue weighted by atomic mass is 35.5. The van der Waals surface area contributed by atoms with Crippen LogP contribution in [0.1, 0.15) is 52.4 Å². The van der Waals surface area contributed by atoms with Crippen molar-refractivity contribution in [2.75, 3.05) is 20.3 Å². The van der Waals surface area contributed by atoms with E-state index in [1.54, 1.807) is 7.11 Å². The van der Waals surface area contributed by atoms with E-state index in [1.807, 2.05) is 4.90 Å². The number of nitrogens with zero attached hydrogens (tertiary/aromatic N) is 1. The van der Waals surface area contributed by atoms with Crippen molar-refractivity contribution in [3.63, 3.8) is 0 Å². The fraction of sp³-hybridized carbons (Fsp3) is 0.933. The summed E-state index contributed by atoms with van der Waals surface area (Å²) in [5.74, 6) is 0.419. The van der Waals surface area contributed by atoms with E-state index in [1.165, 1.54) is 0 Å². The molecule has 0 spiro atoms. The van der Waals surface area contributed by atoms with Gasteiger partial charge in [0.15, 0.2) is 0 Å². The molecule has 120 valence electrons. The van der Waals surface area contributed by atoms with Crippen LogP contribution in [-0.4, -0.2) is 43.2 Å². The molecule has 5 heteroatoms. The summed E-state index contributed by atoms with van der Waals surface area (Å²) in [4.78, 5) is 14.8. The maximum absolute atomic E-state index is 12.7. The third-order valence-electron chi connectivity index (χ3n) is 4.27. The zero-order chi connectivity index (χ0) is 14.3. The van der Waals surface area contributed by atoms with Gasteiger partial charge in [-0.3, -0.25) is 4.79 Å². The Labute approximate surface area is 129 Å². The highest BCUT2D eigenvalue weighted by Gasteiger charge is 2.31. The van der Waals surface area contributed by atoms with Gasteiger partial charge in [0.1, 0.15) is 0 Å². The molecule has 0 bridgehead atoms. The highest BCUT2D eigenvalue weighted by molar-refractivity contribution is 5.85. The molecule has 0 saturated heterocycles. The van der Waals surface area contributed by atoms with Gasteiger partial charge in [-0.05, 0) is 32.1 Å². The van der Waals surface area contributed by atoms with Crippen LogP contribution in [-0.2, 0) is 9.53 Å². The third-order valence-corrected chi connectivity index (χ3v) is 4.27. The minimum absolute atomic E-state index is 0. The maximum Gasteiger partial charge on any atom is 0.226 e. The molecule has 2 atom stereocenters. The van der Waals surface area contributed by atoms with E-state index >= 15 is 0 Å². The summed E-state index contributed by atoms with van der Waals surface area (Å²) >= 11 is 0. The number of rotatable bonds is 7. The fourth-order valence-electron chi connectivity index (χ4n) is 3.08. The first-order valence-electron chi connectivity index (χ1n) is 7.68. The molecule has 0 aromatic heterocycles. The van der Waals surface area contributed by atoms with E-state index in [0.717, 1.165) is 38.5 Å². The molecular weight excluding hydrogens is 276 g/mol. The molecule has 1 amide bonds. The molecule has 1 saturated carbocycles. The summed E-state index contributed by atoms with van der Waals surface area (Å²) in [6.45, 7) is 5.61. The number of nitrogens with two attached hydrogens (primary N) is 1. The van der Waals surface area contributed by atoms with Gasteiger partial charge in [-0.2, -0.15) is 0 Å². The molecule has 2 unspecified atom stereocenters. The minimum Gasteiger partial charge on any atom is -0.383 e. The largest absolute Gasteiger partial charge is 0.383 e. The zero-order valence-corrected chi connectivity index (χ0v) is 14.0. The molecule has 0 aromatic rings. The predicted molar refractivity (Wildman–Crippen MR) is 85.1 cm³/mol. The first kappa shape index (κ1) is 19.7. The van der Waals surface area contributed by atoms with Crippen molar-refractivity contribution in [3.05, 3.63) is 0 Å². The summed E-state index contributed by atoms with van der Waals surface area (Å²) in [5, 5.41) is 0. The van der Waals surface area contributed by atoms with E-state index in [2.05, 4.69) is 13.8 Å². The summed E-state index contributed by atoms with van der Waals surface area (Å²) in [6, 6.07) is 0.537. The summed E-state index contributed by atoms with van der Waals surface area (Å²) in [6.07, 6.45) is 6.00. The highest BCUT2D eigenvalue weighted by Crippen LogP contribution is 2.26. The standard InChI is InChI=1S/C15H30N2O2.ClH/c1-4-14(5-2)17(9-10-19-3)15(18)12-7-6-8-13(16)11-12;/h12-14H,4-11,16H2,1-3H3;1H. The van der Waals surface area contributed by atoms with E-state index in [0.29, 0.717) is 25.1 Å². The van der Waals surface area contributed by atoms with Gasteiger partial charge in [-0.1, -0.05) is 20.3 Å². The summed E-state index contributed by atoms with van der Waals surface area (Å²) in [7, 11) is 1.69. The lowest BCUT2D eigenvalue weighted by Crippen LogP contribution is -2.46. The van der Waals surface area contributed by atoms with Crippen molar-refractivity contribution in [3.8, 4) is 0 Å². The SMILES string of the molecule is CCC(CC)N(CCOC)C(=O)C1CCCC(N)C1.Cl. The molecule has 1 fully saturated rings. The Morgan fingerprint density at radius 2 is 2.00 bits per heavy atom. The quantitative estimate of drug-likeness (QED) is 0.786. The summed E-state index contributed by atoms with van der Waals surface area (Å²) < 4.78 is 5.15. The van der Waals surface area contributed by atoms with Gasteiger partial charge in [-0.15, -0.1) is 12.4 Å². The maximum atomic E-state index is 12.7. The Morgan fingerprint density at radius 1 is 1.35 bits per heavy atom. The molecule has 1 rings (SSSR count). The van der Waals surface area contributed by atoms with Crippen LogP contribution in [0.5, 0.6) is 0 Å². The topological polar surface area (TPSA) is 55.6 Å². The molecule has 0 aromatic carbocycles. The Balaban J connectivity index is 0.00000361. The van der Waals surface area contributed by atoms with Gasteiger partial charge in [0.25, 0.3) is 0 Å². The number of ether oxygens (including phenoxy) is 1. The fourth-order valence-corrected chi connectivity index (χ4v) is 3.08. The first-order valence-corrected chi connectivity index (χ1v) is 7.68. The molecule has 1 aliphatic carbocycles. The van der Waals surface area contributed by atoms with E-state index in [-0.39, 0.29) is 24.4 Å². The normalized spacial score (nSPS) is 22.4. The van der Waals surface area contributed by atoms with Crippen molar-refractivity contribution in [2.45, 2.75) is 64.5 Å². The molecule has 0 heterocycles. The molecule has 0 radical (unpaired) electrons. The number of hydrogen-bond donors (Lipinski definition) is 1. The second kappa shape index (κ2) is 10.4. The second-order valence-corrected chi connectivity index (χ2v) is 5.62. The monoisotopic (exact) mass is 306 g/mol. The molecule has 20 heavy (non-hydrogen) atoms. The van der Waals surface area contributed by atoms with Crippen LogP contribution in [0.2, 0.25) is 0 Å². The molecule has 1 aliphatic rings. The number of amides is 1. The lowest BCUT2D eigenvalue weighted by molar-refractivity contribution is -0.140. The van der Waals surface area contributed by atoms with Crippen LogP contribution in [0.3, 0.4) is 0 Å². The number of methoxy groups -OCH3 is 1. The van der Waals surface area contributed by atoms with Crippen LogP contribution in [0.15, 0.2) is 0 Å². The smallest absolute Gasteiger partial charge is 0.226 e. The van der Waals surface area contributed by atoms with Gasteiger partial charge >= 0.3 is 0 Å². The van der Waals surface area contributed by atoms with Crippen molar-refractivity contribution in [1.82, 2.24) is 4.90 Å². The Bertz CT molecular complexity index is 273. The van der Waals surface area contributed by atoms with Crippen LogP contribution in [0, 0.1) is 5.92 Å². The molecule has 2 N–H and O–H groups in total. The molecule has 4 nitrogen and oxygen atoms in total. The average molecular weight is 307 g/mol. The minimum atomic E-state index is 0. The zero-order valence-electron chi connectivity index (χ0n) is 13.1. The van der Waals surface area contributed by atoms with Gasteiger partial charge in [0.05, 0.1) is 6.61 Å². The Morgan fingerprint density at radius 3 is 2.50 bits per heavy atom. The lowest BCUT2D eigenvalue weighted by Gasteiger charge is -2.35. The summed E-state index contributed by atoms with van der Waals surface area (Å²) in [5.41, 5.74) is 6.01. The number of carbonyl (C=O) groups excluding carboxylic acids is 1. The van der Waals surface area contributed by atoms with E-state index in [4.69, 9.17) is 10.5 Å². The van der Waals surface area contributed by atoms with Crippen LogP contribution in [0.25, 0.3) is 0 Å². The lowest BCUT2D eigenvalue weighted by atomic mass is 9.85. The van der Waals surface area contributed by atoms with Crippen molar-refractivity contribution < 1.29 is 9.53 Å².